The summed E-state index contributed by atoms with van der Waals surface area (Å²) in [6, 6.07) is 5.20. The fraction of sp³-hybridized carbons (Fsp3) is 0.0588. The van der Waals surface area contributed by atoms with Crippen molar-refractivity contribution in [3.05, 3.63) is 107 Å². The zero-order chi connectivity index (χ0) is 20.2. The van der Waals surface area contributed by atoms with E-state index in [1.807, 2.05) is 0 Å². The number of non-ortho nitro benzene ring substituents is 1. The van der Waals surface area contributed by atoms with Crippen LogP contribution in [0.15, 0.2) is 65.8 Å². The van der Waals surface area contributed by atoms with Crippen molar-refractivity contribution < 1.29 is 49.4 Å². The van der Waals surface area contributed by atoms with Crippen molar-refractivity contribution in [2.24, 2.45) is 0 Å². The zero-order valence-electron chi connectivity index (χ0n) is 14.8. The summed E-state index contributed by atoms with van der Waals surface area (Å²) in [6.07, 6.45) is 3.91. The minimum absolute atomic E-state index is 0. The van der Waals surface area contributed by atoms with Crippen LogP contribution in [0, 0.1) is 30.3 Å². The normalized spacial score (nSPS) is 17.2. The van der Waals surface area contributed by atoms with Crippen LogP contribution in [-0.4, -0.2) is 19.3 Å². The summed E-state index contributed by atoms with van der Waals surface area (Å²) in [5.41, 5.74) is -1.62. The smallest absolute Gasteiger partial charge is 0.872 e. The standard InChI is InChI=1S/C17H10N4O7.Na/c22-17-11-7-9(19(23)24)3-4-10(11)14-12(17)8-13(20(25)26)15(16(14)21(27)28)18-5-1-2-6-18;/h1-8,15,22H;/q;+1/p-1. The molecule has 12 heteroatoms. The van der Waals surface area contributed by atoms with Gasteiger partial charge in [-0.25, -0.2) is 0 Å². The van der Waals surface area contributed by atoms with Crippen molar-refractivity contribution in [1.82, 2.24) is 4.57 Å². The molecule has 4 rings (SSSR count). The largest absolute Gasteiger partial charge is 1.00 e. The van der Waals surface area contributed by atoms with Crippen LogP contribution in [0.1, 0.15) is 17.2 Å². The Labute approximate surface area is 184 Å². The number of nitro benzene ring substituents is 1. The average molecular weight is 404 g/mol. The fourth-order valence-corrected chi connectivity index (χ4v) is 3.53. The third-order valence-electron chi connectivity index (χ3n) is 4.66. The third kappa shape index (κ3) is 3.05. The van der Waals surface area contributed by atoms with Crippen LogP contribution >= 0.6 is 0 Å². The van der Waals surface area contributed by atoms with Crippen LogP contribution in [0.4, 0.5) is 5.69 Å². The molecule has 1 heterocycles. The Balaban J connectivity index is 0.00000240. The number of rotatable bonds is 4. The van der Waals surface area contributed by atoms with Gasteiger partial charge in [0.1, 0.15) is 0 Å². The van der Waals surface area contributed by atoms with Crippen LogP contribution in [0.25, 0.3) is 11.3 Å². The predicted octanol–water partition coefficient (Wildman–Crippen LogP) is -1.11. The molecule has 1 atom stereocenters. The van der Waals surface area contributed by atoms with Gasteiger partial charge in [0.2, 0.25) is 6.04 Å². The van der Waals surface area contributed by atoms with Gasteiger partial charge in [-0.15, -0.1) is 0 Å². The predicted molar refractivity (Wildman–Crippen MR) is 92.5 cm³/mol. The Kier molecular flexibility index (Phi) is 5.13. The molecule has 0 N–H and O–H groups in total. The molecule has 0 aliphatic heterocycles. The molecule has 2 aliphatic rings. The molecule has 0 radical (unpaired) electrons. The van der Waals surface area contributed by atoms with E-state index in [-0.39, 0.29) is 57.5 Å². The second-order valence-corrected chi connectivity index (χ2v) is 6.11. The number of allylic oxidation sites excluding steroid dienone is 3. The van der Waals surface area contributed by atoms with Gasteiger partial charge in [-0.2, -0.15) is 0 Å². The molecular weight excluding hydrogens is 395 g/mol. The fourth-order valence-electron chi connectivity index (χ4n) is 3.53. The first-order valence-electron chi connectivity index (χ1n) is 7.89. The topological polar surface area (TPSA) is 157 Å². The van der Waals surface area contributed by atoms with Crippen LogP contribution in [0.2, 0.25) is 0 Å². The Morgan fingerprint density at radius 3 is 2.10 bits per heavy atom. The molecule has 140 valence electrons. The minimum Gasteiger partial charge on any atom is -0.872 e. The summed E-state index contributed by atoms with van der Waals surface area (Å²) in [6.45, 7) is 0. The van der Waals surface area contributed by atoms with Gasteiger partial charge in [-0.3, -0.25) is 30.3 Å². The van der Waals surface area contributed by atoms with Gasteiger partial charge >= 0.3 is 29.6 Å². The molecule has 0 spiro atoms. The molecule has 0 saturated carbocycles. The van der Waals surface area contributed by atoms with E-state index in [1.165, 1.54) is 23.0 Å². The number of hydrogen-bond acceptors (Lipinski definition) is 7. The van der Waals surface area contributed by atoms with Crippen molar-refractivity contribution in [1.29, 1.82) is 0 Å². The number of nitro groups is 3. The molecule has 0 saturated heterocycles. The second kappa shape index (κ2) is 7.28. The first kappa shape index (κ1) is 20.5. The van der Waals surface area contributed by atoms with Gasteiger partial charge in [0, 0.05) is 30.6 Å². The van der Waals surface area contributed by atoms with Gasteiger partial charge in [0.15, 0.2) is 0 Å². The van der Waals surface area contributed by atoms with E-state index >= 15 is 0 Å². The summed E-state index contributed by atoms with van der Waals surface area (Å²) in [7, 11) is 0. The Morgan fingerprint density at radius 2 is 1.55 bits per heavy atom. The molecule has 0 bridgehead atoms. The Morgan fingerprint density at radius 1 is 0.897 bits per heavy atom. The van der Waals surface area contributed by atoms with Gasteiger partial charge in [0.05, 0.1) is 20.3 Å². The van der Waals surface area contributed by atoms with Crippen LogP contribution in [0.5, 0.6) is 0 Å². The first-order chi connectivity index (χ1) is 13.3. The van der Waals surface area contributed by atoms with Crippen LogP contribution < -0.4 is 34.7 Å². The van der Waals surface area contributed by atoms with Crippen molar-refractivity contribution in [2.45, 2.75) is 6.04 Å². The zero-order valence-corrected chi connectivity index (χ0v) is 16.8. The molecule has 0 amide bonds. The number of nitrogens with zero attached hydrogens (tertiary/aromatic N) is 4. The number of fused-ring (bicyclic) bond motifs is 3. The van der Waals surface area contributed by atoms with E-state index in [1.54, 1.807) is 12.1 Å². The first-order valence-corrected chi connectivity index (χ1v) is 7.89. The summed E-state index contributed by atoms with van der Waals surface area (Å²) >= 11 is 0. The summed E-state index contributed by atoms with van der Waals surface area (Å²) in [4.78, 5) is 32.3. The maximum absolute atomic E-state index is 12.7. The SMILES string of the molecule is O=[N+]([O-])C1=CC2=C([O-])c3cc([N+](=O)[O-])ccc3C2=C([N+](=O)[O-])C1n1cccc1.[Na+]. The molecule has 2 aliphatic carbocycles. The van der Waals surface area contributed by atoms with E-state index < -0.39 is 38.0 Å². The molecule has 1 aromatic heterocycles. The molecular formula is C17H9N4NaO7. The third-order valence-corrected chi connectivity index (χ3v) is 4.66. The van der Waals surface area contributed by atoms with E-state index in [4.69, 9.17) is 0 Å². The van der Waals surface area contributed by atoms with Crippen molar-refractivity contribution in [2.75, 3.05) is 0 Å². The van der Waals surface area contributed by atoms with E-state index in [2.05, 4.69) is 0 Å². The van der Waals surface area contributed by atoms with E-state index in [9.17, 15) is 35.4 Å². The average Bonchev–Trinajstić information content (AvgIpc) is 3.27. The van der Waals surface area contributed by atoms with Crippen LogP contribution in [-0.2, 0) is 0 Å². The molecule has 11 nitrogen and oxygen atoms in total. The molecule has 1 unspecified atom stereocenters. The summed E-state index contributed by atoms with van der Waals surface area (Å²) in [5.74, 6) is -0.724. The Bertz CT molecular complexity index is 1160. The number of hydrogen-bond donors (Lipinski definition) is 0. The monoisotopic (exact) mass is 404 g/mol. The number of benzene rings is 1. The van der Waals surface area contributed by atoms with Gasteiger partial charge in [0.25, 0.3) is 17.1 Å². The number of aromatic nitrogens is 1. The van der Waals surface area contributed by atoms with Gasteiger partial charge in [-0.1, -0.05) is 5.76 Å². The molecule has 2 aromatic rings. The van der Waals surface area contributed by atoms with Crippen molar-refractivity contribution in [3.8, 4) is 0 Å². The second-order valence-electron chi connectivity index (χ2n) is 6.11. The summed E-state index contributed by atoms with van der Waals surface area (Å²) in [5, 5.41) is 47.3. The molecule has 29 heavy (non-hydrogen) atoms. The molecule has 1 aromatic carbocycles. The maximum atomic E-state index is 12.7. The maximum Gasteiger partial charge on any atom is 1.00 e. The Hall–Kier alpha value is -3.28. The van der Waals surface area contributed by atoms with E-state index in [0.29, 0.717) is 0 Å². The molecule has 0 fully saturated rings. The summed E-state index contributed by atoms with van der Waals surface area (Å²) < 4.78 is 1.31. The van der Waals surface area contributed by atoms with Crippen LogP contribution in [0.3, 0.4) is 0 Å². The van der Waals surface area contributed by atoms with Gasteiger partial charge < -0.3 is 9.67 Å². The quantitative estimate of drug-likeness (QED) is 0.355. The van der Waals surface area contributed by atoms with Crippen molar-refractivity contribution in [3.63, 3.8) is 0 Å². The van der Waals surface area contributed by atoms with E-state index in [0.717, 1.165) is 18.2 Å². The van der Waals surface area contributed by atoms with Crippen molar-refractivity contribution >= 4 is 17.0 Å². The van der Waals surface area contributed by atoms with Gasteiger partial charge in [-0.05, 0) is 34.9 Å². The minimum atomic E-state index is -1.35.